The largest absolute Gasteiger partial charge is 0.495 e. The van der Waals surface area contributed by atoms with Gasteiger partial charge in [0.15, 0.2) is 5.15 Å². The number of rotatable bonds is 8. The van der Waals surface area contributed by atoms with Crippen molar-refractivity contribution in [1.82, 2.24) is 15.2 Å². The molecule has 0 aliphatic rings. The molecule has 0 aliphatic heterocycles. The van der Waals surface area contributed by atoms with E-state index in [1.165, 1.54) is 25.5 Å². The molecule has 0 spiro atoms. The third kappa shape index (κ3) is 5.84. The highest BCUT2D eigenvalue weighted by molar-refractivity contribution is 7.92. The molecule has 1 aromatic heterocycles. The summed E-state index contributed by atoms with van der Waals surface area (Å²) in [6.45, 7) is 1.27. The van der Waals surface area contributed by atoms with E-state index >= 15 is 0 Å². The molecular formula is C21H21Cl2N5O4S. The summed E-state index contributed by atoms with van der Waals surface area (Å²) in [6.07, 6.45) is 2.33. The average molecular weight is 510 g/mol. The summed E-state index contributed by atoms with van der Waals surface area (Å²) in [7, 11) is -2.44. The highest BCUT2D eigenvalue weighted by Crippen LogP contribution is 2.32. The number of anilines is 1. The third-order valence-electron chi connectivity index (χ3n) is 4.60. The quantitative estimate of drug-likeness (QED) is 0.369. The normalized spacial score (nSPS) is 11.5. The van der Waals surface area contributed by atoms with E-state index in [2.05, 4.69) is 15.6 Å². The zero-order valence-electron chi connectivity index (χ0n) is 18.0. The molecule has 12 heteroatoms. The fourth-order valence-electron chi connectivity index (χ4n) is 3.02. The molecule has 1 amide bonds. The number of carbonyl (C=O) groups is 1. The number of para-hydroxylation sites is 1. The monoisotopic (exact) mass is 509 g/mol. The van der Waals surface area contributed by atoms with Crippen LogP contribution < -0.4 is 14.5 Å². The molecule has 0 bridgehead atoms. The van der Waals surface area contributed by atoms with Crippen molar-refractivity contribution in [3.05, 3.63) is 70.0 Å². The summed E-state index contributed by atoms with van der Waals surface area (Å²) in [6, 6.07) is 13.9. The number of amides is 1. The van der Waals surface area contributed by atoms with E-state index in [-0.39, 0.29) is 16.6 Å². The number of benzene rings is 2. The molecule has 0 fully saturated rings. The number of nitrogens with one attached hydrogen (secondary N) is 1. The predicted molar refractivity (Wildman–Crippen MR) is 129 cm³/mol. The van der Waals surface area contributed by atoms with Crippen LogP contribution in [0.5, 0.6) is 5.75 Å². The van der Waals surface area contributed by atoms with Gasteiger partial charge in [0.05, 0.1) is 42.2 Å². The van der Waals surface area contributed by atoms with Crippen molar-refractivity contribution in [2.75, 3.05) is 24.2 Å². The Morgan fingerprint density at radius 2 is 1.94 bits per heavy atom. The van der Waals surface area contributed by atoms with Crippen molar-refractivity contribution in [2.24, 2.45) is 5.10 Å². The molecule has 3 rings (SSSR count). The number of hydrazone groups is 1. The van der Waals surface area contributed by atoms with E-state index in [1.54, 1.807) is 10.7 Å². The molecule has 9 nitrogen and oxygen atoms in total. The minimum Gasteiger partial charge on any atom is -0.495 e. The van der Waals surface area contributed by atoms with Crippen molar-refractivity contribution >= 4 is 51.0 Å². The highest BCUT2D eigenvalue weighted by Gasteiger charge is 2.24. The highest BCUT2D eigenvalue weighted by atomic mass is 35.5. The molecule has 3 aromatic rings. The number of sulfonamides is 1. The van der Waals surface area contributed by atoms with Gasteiger partial charge in [-0.05, 0) is 37.3 Å². The van der Waals surface area contributed by atoms with Gasteiger partial charge < -0.3 is 4.74 Å². The molecule has 1 heterocycles. The van der Waals surface area contributed by atoms with Gasteiger partial charge in [-0.15, -0.1) is 0 Å². The van der Waals surface area contributed by atoms with Crippen LogP contribution in [0.1, 0.15) is 11.3 Å². The fourth-order valence-corrected chi connectivity index (χ4v) is 4.30. The summed E-state index contributed by atoms with van der Waals surface area (Å²) in [5.74, 6) is -0.431. The predicted octanol–water partition coefficient (Wildman–Crippen LogP) is 3.41. The van der Waals surface area contributed by atoms with Gasteiger partial charge in [0, 0.05) is 5.02 Å². The lowest BCUT2D eigenvalue weighted by Crippen LogP contribution is -2.39. The molecule has 0 atom stereocenters. The molecule has 0 saturated heterocycles. The van der Waals surface area contributed by atoms with Crippen molar-refractivity contribution in [3.8, 4) is 11.4 Å². The number of nitrogens with zero attached hydrogens (tertiary/aromatic N) is 4. The van der Waals surface area contributed by atoms with Gasteiger partial charge in [0.25, 0.3) is 5.91 Å². The maximum absolute atomic E-state index is 12.5. The second kappa shape index (κ2) is 10.2. The van der Waals surface area contributed by atoms with Crippen molar-refractivity contribution < 1.29 is 17.9 Å². The van der Waals surface area contributed by atoms with E-state index in [1.807, 2.05) is 37.3 Å². The van der Waals surface area contributed by atoms with Crippen LogP contribution >= 0.6 is 23.2 Å². The lowest BCUT2D eigenvalue weighted by Gasteiger charge is -2.23. The third-order valence-corrected chi connectivity index (χ3v) is 6.24. The van der Waals surface area contributed by atoms with Gasteiger partial charge in [0.2, 0.25) is 10.0 Å². The van der Waals surface area contributed by atoms with Gasteiger partial charge in [0.1, 0.15) is 12.3 Å². The molecule has 2 aromatic carbocycles. The Bertz CT molecular complexity index is 1290. The van der Waals surface area contributed by atoms with E-state index in [0.29, 0.717) is 16.3 Å². The summed E-state index contributed by atoms with van der Waals surface area (Å²) >= 11 is 12.2. The van der Waals surface area contributed by atoms with E-state index < -0.39 is 22.5 Å². The van der Waals surface area contributed by atoms with E-state index in [9.17, 15) is 13.2 Å². The van der Waals surface area contributed by atoms with Crippen molar-refractivity contribution in [3.63, 3.8) is 0 Å². The van der Waals surface area contributed by atoms with Crippen LogP contribution in [0.3, 0.4) is 0 Å². The first-order valence-electron chi connectivity index (χ1n) is 9.55. The summed E-state index contributed by atoms with van der Waals surface area (Å²) in [4.78, 5) is 12.5. The minimum absolute atomic E-state index is 0.134. The van der Waals surface area contributed by atoms with E-state index in [4.69, 9.17) is 27.9 Å². The Labute approximate surface area is 201 Å². The molecule has 174 valence electrons. The zero-order valence-corrected chi connectivity index (χ0v) is 20.3. The smallest absolute Gasteiger partial charge is 0.260 e. The zero-order chi connectivity index (χ0) is 24.2. The molecule has 0 aliphatic carbocycles. The standard InChI is InChI=1S/C21H21Cl2N5O4S/c1-14-17(21(23)26-28(14)16-7-5-4-6-8-16)12-24-25-20(29)13-27(33(3,30)31)18-11-15(22)9-10-19(18)32-2/h4-12H,13H2,1-3H3,(H,25,29)/b24-12-. The van der Waals surface area contributed by atoms with Crippen molar-refractivity contribution in [1.29, 1.82) is 0 Å². The van der Waals surface area contributed by atoms with Gasteiger partial charge in [-0.1, -0.05) is 41.4 Å². The molecular weight excluding hydrogens is 489 g/mol. The second-order valence-corrected chi connectivity index (χ2v) is 9.62. The fraction of sp³-hybridized carbons (Fsp3) is 0.190. The second-order valence-electron chi connectivity index (χ2n) is 6.92. The van der Waals surface area contributed by atoms with E-state index in [0.717, 1.165) is 16.2 Å². The first kappa shape index (κ1) is 24.6. The van der Waals surface area contributed by atoms with Gasteiger partial charge in [-0.2, -0.15) is 10.2 Å². The summed E-state index contributed by atoms with van der Waals surface area (Å²) in [5, 5.41) is 8.70. The maximum atomic E-state index is 12.5. The van der Waals surface area contributed by atoms with Crippen LogP contribution in [0, 0.1) is 6.92 Å². The summed E-state index contributed by atoms with van der Waals surface area (Å²) < 4.78 is 32.4. The van der Waals surface area contributed by atoms with Crippen molar-refractivity contribution in [2.45, 2.75) is 6.92 Å². The Morgan fingerprint density at radius 1 is 1.24 bits per heavy atom. The number of carbonyl (C=O) groups excluding carboxylic acids is 1. The molecule has 0 saturated carbocycles. The Kier molecular flexibility index (Phi) is 7.62. The number of hydrogen-bond acceptors (Lipinski definition) is 6. The van der Waals surface area contributed by atoms with Gasteiger partial charge in [-0.25, -0.2) is 18.5 Å². The molecule has 0 radical (unpaired) electrons. The number of methoxy groups -OCH3 is 1. The Hall–Kier alpha value is -3.08. The molecule has 0 unspecified atom stereocenters. The Balaban J connectivity index is 1.78. The minimum atomic E-state index is -3.83. The molecule has 33 heavy (non-hydrogen) atoms. The van der Waals surface area contributed by atoms with Crippen LogP contribution in [0.25, 0.3) is 5.69 Å². The van der Waals surface area contributed by atoms with Crippen LogP contribution in [-0.4, -0.2) is 50.2 Å². The van der Waals surface area contributed by atoms with Crippen LogP contribution in [0.4, 0.5) is 5.69 Å². The topological polar surface area (TPSA) is 106 Å². The number of ether oxygens (including phenoxy) is 1. The number of hydrogen-bond donors (Lipinski definition) is 1. The lowest BCUT2D eigenvalue weighted by atomic mass is 10.2. The molecule has 1 N–H and O–H groups in total. The summed E-state index contributed by atoms with van der Waals surface area (Å²) in [5.41, 5.74) is 4.49. The van der Waals surface area contributed by atoms with Gasteiger partial charge >= 0.3 is 0 Å². The first-order valence-corrected chi connectivity index (χ1v) is 12.2. The maximum Gasteiger partial charge on any atom is 0.260 e. The average Bonchev–Trinajstić information content (AvgIpc) is 3.05. The Morgan fingerprint density at radius 3 is 2.58 bits per heavy atom. The van der Waals surface area contributed by atoms with Gasteiger partial charge in [-0.3, -0.25) is 9.10 Å². The number of halogens is 2. The van der Waals surface area contributed by atoms with Crippen LogP contribution in [0.2, 0.25) is 10.2 Å². The SMILES string of the molecule is COc1ccc(Cl)cc1N(CC(=O)N/N=C\c1c(Cl)nn(-c2ccccc2)c1C)S(C)(=O)=O. The van der Waals surface area contributed by atoms with Crippen LogP contribution in [-0.2, 0) is 14.8 Å². The lowest BCUT2D eigenvalue weighted by molar-refractivity contribution is -0.119. The number of aromatic nitrogens is 2. The van der Waals surface area contributed by atoms with Crippen LogP contribution in [0.15, 0.2) is 53.6 Å². The first-order chi connectivity index (χ1) is 15.6.